The summed E-state index contributed by atoms with van der Waals surface area (Å²) in [7, 11) is -3.67. The van der Waals surface area contributed by atoms with E-state index in [0.717, 1.165) is 5.56 Å². The molecule has 0 N–H and O–H groups in total. The molecule has 23 heavy (non-hydrogen) atoms. The van der Waals surface area contributed by atoms with Gasteiger partial charge in [0.2, 0.25) is 0 Å². The number of nitrogens with zero attached hydrogens (tertiary/aromatic N) is 1. The van der Waals surface area contributed by atoms with Crippen LogP contribution in [-0.2, 0) is 19.6 Å². The number of hydrogen-bond donors (Lipinski definition) is 0. The minimum absolute atomic E-state index is 0.126. The first-order valence-electron chi connectivity index (χ1n) is 7.38. The third kappa shape index (κ3) is 5.56. The van der Waals surface area contributed by atoms with Crippen LogP contribution >= 0.6 is 0 Å². The van der Waals surface area contributed by atoms with E-state index in [0.29, 0.717) is 0 Å². The van der Waals surface area contributed by atoms with Gasteiger partial charge in [-0.05, 0) is 32.1 Å². The van der Waals surface area contributed by atoms with Gasteiger partial charge in [0.25, 0.3) is 10.0 Å². The molecule has 126 valence electrons. The van der Waals surface area contributed by atoms with Gasteiger partial charge in [0.05, 0.1) is 11.4 Å². The van der Waals surface area contributed by atoms with Crippen molar-refractivity contribution in [2.45, 2.75) is 38.2 Å². The average molecular weight is 337 g/mol. The van der Waals surface area contributed by atoms with Crippen LogP contribution in [-0.4, -0.2) is 31.3 Å². The van der Waals surface area contributed by atoms with Gasteiger partial charge >= 0.3 is 5.97 Å². The number of carbonyl (C=O) groups is 1. The van der Waals surface area contributed by atoms with E-state index >= 15 is 0 Å². The summed E-state index contributed by atoms with van der Waals surface area (Å²) in [6.07, 6.45) is 4.20. The number of ether oxygens (including phenoxy) is 1. The molecule has 0 bridgehead atoms. The smallest absolute Gasteiger partial charge is 0.306 e. The summed E-state index contributed by atoms with van der Waals surface area (Å²) in [5.41, 5.74) is 0.981. The van der Waals surface area contributed by atoms with Gasteiger partial charge in [-0.1, -0.05) is 30.7 Å². The monoisotopic (exact) mass is 337 g/mol. The van der Waals surface area contributed by atoms with Crippen LogP contribution in [0.3, 0.4) is 0 Å². The second kappa shape index (κ2) is 8.53. The van der Waals surface area contributed by atoms with Gasteiger partial charge in [0.15, 0.2) is 0 Å². The maximum Gasteiger partial charge on any atom is 0.306 e. The molecule has 1 unspecified atom stereocenters. The largest absolute Gasteiger partial charge is 0.458 e. The third-order valence-corrected chi connectivity index (χ3v) is 4.82. The number of aryl methyl sites for hydroxylation is 1. The zero-order valence-electron chi connectivity index (χ0n) is 13.7. The second-order valence-corrected chi connectivity index (χ2v) is 6.96. The summed E-state index contributed by atoms with van der Waals surface area (Å²) in [5, 5.41) is 0. The van der Waals surface area contributed by atoms with Crippen LogP contribution in [0.5, 0.6) is 0 Å². The summed E-state index contributed by atoms with van der Waals surface area (Å²) in [5.74, 6) is -0.334. The lowest BCUT2D eigenvalue weighted by Crippen LogP contribution is -2.26. The highest BCUT2D eigenvalue weighted by molar-refractivity contribution is 7.89. The summed E-state index contributed by atoms with van der Waals surface area (Å²) in [4.78, 5) is 11.4. The Morgan fingerprint density at radius 2 is 1.96 bits per heavy atom. The SMILES string of the molecule is C=CCN(/C=C/C(C)OC(=O)CC)S(=O)(=O)c1ccc(C)cc1. The van der Waals surface area contributed by atoms with Crippen molar-refractivity contribution in [3.05, 3.63) is 54.8 Å². The Labute approximate surface area is 138 Å². The number of benzene rings is 1. The zero-order chi connectivity index (χ0) is 17.5. The van der Waals surface area contributed by atoms with E-state index in [9.17, 15) is 13.2 Å². The molecule has 0 saturated heterocycles. The fourth-order valence-electron chi connectivity index (χ4n) is 1.76. The lowest BCUT2D eigenvalue weighted by Gasteiger charge is -2.19. The Balaban J connectivity index is 2.98. The Kier molecular flexibility index (Phi) is 7.03. The van der Waals surface area contributed by atoms with Crippen molar-refractivity contribution in [3.63, 3.8) is 0 Å². The van der Waals surface area contributed by atoms with Gasteiger partial charge in [-0.25, -0.2) is 8.42 Å². The zero-order valence-corrected chi connectivity index (χ0v) is 14.5. The van der Waals surface area contributed by atoms with E-state index in [1.54, 1.807) is 38.1 Å². The Morgan fingerprint density at radius 3 is 2.48 bits per heavy atom. The summed E-state index contributed by atoms with van der Waals surface area (Å²) in [6, 6.07) is 6.62. The number of carbonyl (C=O) groups excluding carboxylic acids is 1. The fourth-order valence-corrected chi connectivity index (χ4v) is 3.04. The molecule has 5 nitrogen and oxygen atoms in total. The number of sulfonamides is 1. The molecule has 0 fully saturated rings. The average Bonchev–Trinajstić information content (AvgIpc) is 2.51. The topological polar surface area (TPSA) is 63.7 Å². The van der Waals surface area contributed by atoms with Gasteiger partial charge in [-0.3, -0.25) is 9.10 Å². The molecule has 0 aromatic heterocycles. The molecule has 1 aromatic rings. The normalized spacial score (nSPS) is 12.8. The first-order chi connectivity index (χ1) is 10.8. The molecule has 0 amide bonds. The standard InChI is InChI=1S/C17H23NO4S/c1-5-12-18(13-11-15(4)22-17(19)6-2)23(20,21)16-9-7-14(3)8-10-16/h5,7-11,13,15H,1,6,12H2,2-4H3/b13-11+. The first-order valence-corrected chi connectivity index (χ1v) is 8.82. The van der Waals surface area contributed by atoms with Crippen molar-refractivity contribution in [1.82, 2.24) is 4.31 Å². The number of hydrogen-bond acceptors (Lipinski definition) is 4. The quantitative estimate of drug-likeness (QED) is 0.540. The molecule has 1 aromatic carbocycles. The Bertz CT molecular complexity index is 662. The lowest BCUT2D eigenvalue weighted by molar-refractivity contribution is -0.145. The molecule has 1 rings (SSSR count). The lowest BCUT2D eigenvalue weighted by atomic mass is 10.2. The van der Waals surface area contributed by atoms with E-state index in [4.69, 9.17) is 4.74 Å². The fraction of sp³-hybridized carbons (Fsp3) is 0.353. The Hall–Kier alpha value is -2.08. The van der Waals surface area contributed by atoms with Gasteiger partial charge in [0.1, 0.15) is 6.10 Å². The molecular formula is C17H23NO4S. The van der Waals surface area contributed by atoms with Crippen LogP contribution in [0, 0.1) is 6.92 Å². The maximum absolute atomic E-state index is 12.6. The second-order valence-electron chi connectivity index (χ2n) is 5.07. The summed E-state index contributed by atoms with van der Waals surface area (Å²) in [6.45, 7) is 8.98. The van der Waals surface area contributed by atoms with Crippen molar-refractivity contribution >= 4 is 16.0 Å². The van der Waals surface area contributed by atoms with Crippen molar-refractivity contribution < 1.29 is 17.9 Å². The highest BCUT2D eigenvalue weighted by Gasteiger charge is 2.20. The predicted octanol–water partition coefficient (Wildman–Crippen LogP) is 3.03. The summed E-state index contributed by atoms with van der Waals surface area (Å²) < 4.78 is 31.5. The molecule has 0 radical (unpaired) electrons. The Morgan fingerprint density at radius 1 is 1.35 bits per heavy atom. The third-order valence-electron chi connectivity index (χ3n) is 3.07. The van der Waals surface area contributed by atoms with Crippen LogP contribution in [0.2, 0.25) is 0 Å². The van der Waals surface area contributed by atoms with Crippen LogP contribution in [0.4, 0.5) is 0 Å². The molecule has 0 spiro atoms. The van der Waals surface area contributed by atoms with Gasteiger partial charge in [0, 0.05) is 12.6 Å². The van der Waals surface area contributed by atoms with E-state index in [1.165, 1.54) is 22.7 Å². The van der Waals surface area contributed by atoms with Crippen LogP contribution in [0.25, 0.3) is 0 Å². The number of esters is 1. The number of rotatable bonds is 8. The van der Waals surface area contributed by atoms with E-state index in [1.807, 2.05) is 6.92 Å². The van der Waals surface area contributed by atoms with E-state index in [-0.39, 0.29) is 23.8 Å². The van der Waals surface area contributed by atoms with Gasteiger partial charge in [-0.2, -0.15) is 0 Å². The van der Waals surface area contributed by atoms with E-state index in [2.05, 4.69) is 6.58 Å². The molecule has 0 aliphatic heterocycles. The van der Waals surface area contributed by atoms with Crippen molar-refractivity contribution in [1.29, 1.82) is 0 Å². The van der Waals surface area contributed by atoms with Crippen LogP contribution < -0.4 is 0 Å². The molecule has 0 saturated carbocycles. The van der Waals surface area contributed by atoms with Gasteiger partial charge in [-0.15, -0.1) is 6.58 Å². The van der Waals surface area contributed by atoms with Crippen molar-refractivity contribution in [2.24, 2.45) is 0 Å². The van der Waals surface area contributed by atoms with Crippen molar-refractivity contribution in [2.75, 3.05) is 6.54 Å². The highest BCUT2D eigenvalue weighted by Crippen LogP contribution is 2.17. The molecule has 0 aliphatic carbocycles. The minimum atomic E-state index is -3.67. The predicted molar refractivity (Wildman–Crippen MR) is 90.3 cm³/mol. The minimum Gasteiger partial charge on any atom is -0.458 e. The summed E-state index contributed by atoms with van der Waals surface area (Å²) >= 11 is 0. The van der Waals surface area contributed by atoms with Crippen LogP contribution in [0.15, 0.2) is 54.1 Å². The molecule has 1 atom stereocenters. The van der Waals surface area contributed by atoms with Gasteiger partial charge < -0.3 is 4.74 Å². The van der Waals surface area contributed by atoms with Crippen molar-refractivity contribution in [3.8, 4) is 0 Å². The molecule has 6 heteroatoms. The molecular weight excluding hydrogens is 314 g/mol. The first kappa shape index (κ1) is 19.0. The van der Waals surface area contributed by atoms with Crippen LogP contribution in [0.1, 0.15) is 25.8 Å². The molecule has 0 heterocycles. The van der Waals surface area contributed by atoms with E-state index < -0.39 is 16.1 Å². The highest BCUT2D eigenvalue weighted by atomic mass is 32.2. The maximum atomic E-state index is 12.6. The molecule has 0 aliphatic rings.